The first-order chi connectivity index (χ1) is 10.5. The molecule has 0 aliphatic carbocycles. The minimum atomic E-state index is -3.60. The van der Waals surface area contributed by atoms with E-state index in [0.29, 0.717) is 6.54 Å². The lowest BCUT2D eigenvalue weighted by Gasteiger charge is -2.24. The summed E-state index contributed by atoms with van der Waals surface area (Å²) >= 11 is 0. The van der Waals surface area contributed by atoms with Gasteiger partial charge in [-0.2, -0.15) is 4.31 Å². The number of nitrogens with zero attached hydrogens (tertiary/aromatic N) is 1. The predicted molar refractivity (Wildman–Crippen MR) is 83.4 cm³/mol. The van der Waals surface area contributed by atoms with E-state index in [1.54, 1.807) is 0 Å². The first-order valence-electron chi connectivity index (χ1n) is 7.32. The molecule has 0 bridgehead atoms. The fourth-order valence-corrected chi connectivity index (χ4v) is 4.57. The van der Waals surface area contributed by atoms with Crippen LogP contribution in [0, 0.1) is 12.7 Å². The summed E-state index contributed by atoms with van der Waals surface area (Å²) in [4.78, 5) is 0.146. The maximum Gasteiger partial charge on any atom is 0.243 e. The lowest BCUT2D eigenvalue weighted by Crippen LogP contribution is -2.30. The van der Waals surface area contributed by atoms with E-state index in [2.05, 4.69) is 0 Å². The molecule has 3 nitrogen and oxygen atoms in total. The highest BCUT2D eigenvalue weighted by atomic mass is 32.2. The van der Waals surface area contributed by atoms with Gasteiger partial charge in [0.05, 0.1) is 10.9 Å². The van der Waals surface area contributed by atoms with Gasteiger partial charge in [0.25, 0.3) is 0 Å². The Morgan fingerprint density at radius 1 is 1.05 bits per heavy atom. The van der Waals surface area contributed by atoms with Gasteiger partial charge in [0, 0.05) is 6.54 Å². The quantitative estimate of drug-likeness (QED) is 0.866. The molecule has 0 amide bonds. The Hall–Kier alpha value is -1.72. The van der Waals surface area contributed by atoms with Crippen molar-refractivity contribution in [1.82, 2.24) is 4.31 Å². The summed E-state index contributed by atoms with van der Waals surface area (Å²) in [5, 5.41) is 0. The summed E-state index contributed by atoms with van der Waals surface area (Å²) in [5.41, 5.74) is 2.16. The van der Waals surface area contributed by atoms with Crippen LogP contribution in [0.15, 0.2) is 53.4 Å². The second kappa shape index (κ2) is 5.82. The molecule has 0 saturated carbocycles. The van der Waals surface area contributed by atoms with E-state index in [9.17, 15) is 12.8 Å². The maximum absolute atomic E-state index is 13.0. The Bertz CT molecular complexity index is 754. The molecule has 1 saturated heterocycles. The number of halogens is 1. The monoisotopic (exact) mass is 319 g/mol. The Kier molecular flexibility index (Phi) is 4.02. The molecule has 3 rings (SSSR count). The zero-order chi connectivity index (χ0) is 15.7. The molecule has 1 heterocycles. The molecule has 22 heavy (non-hydrogen) atoms. The van der Waals surface area contributed by atoms with Gasteiger partial charge in [0.1, 0.15) is 5.82 Å². The van der Waals surface area contributed by atoms with E-state index in [1.165, 1.54) is 28.6 Å². The molecule has 0 radical (unpaired) electrons. The van der Waals surface area contributed by atoms with Gasteiger partial charge < -0.3 is 0 Å². The van der Waals surface area contributed by atoms with Gasteiger partial charge in [0.15, 0.2) is 0 Å². The van der Waals surface area contributed by atoms with E-state index in [-0.39, 0.29) is 10.9 Å². The molecule has 2 aromatic rings. The van der Waals surface area contributed by atoms with Gasteiger partial charge in [-0.05, 0) is 49.6 Å². The van der Waals surface area contributed by atoms with Crippen molar-refractivity contribution in [1.29, 1.82) is 0 Å². The van der Waals surface area contributed by atoms with Crippen molar-refractivity contribution in [2.45, 2.75) is 30.7 Å². The summed E-state index contributed by atoms with van der Waals surface area (Å²) in [6, 6.07) is 12.8. The van der Waals surface area contributed by atoms with Gasteiger partial charge in [0.2, 0.25) is 10.0 Å². The topological polar surface area (TPSA) is 37.4 Å². The van der Waals surface area contributed by atoms with Crippen LogP contribution in [-0.2, 0) is 10.0 Å². The standard InChI is InChI=1S/C17H18FNO2S/c1-13-4-6-14(7-5-13)17-3-2-12-19(17)22(20,21)16-10-8-15(18)9-11-16/h4-11,17H,2-3,12H2,1H3/t17-/m1/s1. The van der Waals surface area contributed by atoms with E-state index in [1.807, 2.05) is 31.2 Å². The molecule has 0 N–H and O–H groups in total. The molecule has 1 aliphatic rings. The van der Waals surface area contributed by atoms with Gasteiger partial charge in [-0.25, -0.2) is 12.8 Å². The molecule has 1 fully saturated rings. The SMILES string of the molecule is Cc1ccc([C@H]2CCCN2S(=O)(=O)c2ccc(F)cc2)cc1. The Labute approximate surface area is 130 Å². The third-order valence-electron chi connectivity index (χ3n) is 4.09. The third-order valence-corrected chi connectivity index (χ3v) is 6.01. The van der Waals surface area contributed by atoms with Gasteiger partial charge in [-0.15, -0.1) is 0 Å². The Morgan fingerprint density at radius 3 is 2.32 bits per heavy atom. The minimum Gasteiger partial charge on any atom is -0.207 e. The predicted octanol–water partition coefficient (Wildman–Crippen LogP) is 3.66. The lowest BCUT2D eigenvalue weighted by molar-refractivity contribution is 0.396. The first-order valence-corrected chi connectivity index (χ1v) is 8.76. The molecule has 5 heteroatoms. The molecular formula is C17H18FNO2S. The molecule has 1 atom stereocenters. The summed E-state index contributed by atoms with van der Waals surface area (Å²) < 4.78 is 40.2. The van der Waals surface area contributed by atoms with Crippen LogP contribution in [0.3, 0.4) is 0 Å². The average molecular weight is 319 g/mol. The highest BCUT2D eigenvalue weighted by Crippen LogP contribution is 2.36. The van der Waals surface area contributed by atoms with Crippen molar-refractivity contribution in [3.63, 3.8) is 0 Å². The van der Waals surface area contributed by atoms with Crippen molar-refractivity contribution in [2.24, 2.45) is 0 Å². The van der Waals surface area contributed by atoms with Crippen LogP contribution in [0.1, 0.15) is 30.0 Å². The number of hydrogen-bond acceptors (Lipinski definition) is 2. The molecular weight excluding hydrogens is 301 g/mol. The van der Waals surface area contributed by atoms with Crippen LogP contribution in [-0.4, -0.2) is 19.3 Å². The first kappa shape index (κ1) is 15.2. The van der Waals surface area contributed by atoms with E-state index in [0.717, 1.165) is 24.0 Å². The van der Waals surface area contributed by atoms with Crippen LogP contribution in [0.4, 0.5) is 4.39 Å². The van der Waals surface area contributed by atoms with Crippen molar-refractivity contribution < 1.29 is 12.8 Å². The minimum absolute atomic E-state index is 0.143. The van der Waals surface area contributed by atoms with Crippen molar-refractivity contribution in [3.05, 3.63) is 65.5 Å². The summed E-state index contributed by atoms with van der Waals surface area (Å²) in [5.74, 6) is -0.435. The number of rotatable bonds is 3. The highest BCUT2D eigenvalue weighted by molar-refractivity contribution is 7.89. The second-order valence-corrected chi connectivity index (χ2v) is 7.53. The molecule has 0 aromatic heterocycles. The normalized spacial score (nSPS) is 19.5. The van der Waals surface area contributed by atoms with Gasteiger partial charge in [-0.1, -0.05) is 29.8 Å². The zero-order valence-corrected chi connectivity index (χ0v) is 13.2. The molecule has 1 aliphatic heterocycles. The largest absolute Gasteiger partial charge is 0.243 e. The summed E-state index contributed by atoms with van der Waals surface area (Å²) in [6.07, 6.45) is 1.64. The van der Waals surface area contributed by atoms with E-state index in [4.69, 9.17) is 0 Å². The lowest BCUT2D eigenvalue weighted by atomic mass is 10.0. The molecule has 2 aromatic carbocycles. The fourth-order valence-electron chi connectivity index (χ4n) is 2.89. The average Bonchev–Trinajstić information content (AvgIpc) is 2.99. The zero-order valence-electron chi connectivity index (χ0n) is 12.4. The molecule has 0 unspecified atom stereocenters. The molecule has 0 spiro atoms. The molecule has 116 valence electrons. The second-order valence-electron chi connectivity index (χ2n) is 5.64. The van der Waals surface area contributed by atoms with Crippen LogP contribution in [0.25, 0.3) is 0 Å². The van der Waals surface area contributed by atoms with Crippen molar-refractivity contribution in [3.8, 4) is 0 Å². The van der Waals surface area contributed by atoms with Gasteiger partial charge in [-0.3, -0.25) is 0 Å². The Morgan fingerprint density at radius 2 is 1.68 bits per heavy atom. The van der Waals surface area contributed by atoms with Crippen LogP contribution < -0.4 is 0 Å². The van der Waals surface area contributed by atoms with Gasteiger partial charge >= 0.3 is 0 Å². The van der Waals surface area contributed by atoms with Crippen LogP contribution >= 0.6 is 0 Å². The summed E-state index contributed by atoms with van der Waals surface area (Å²) in [7, 11) is -3.60. The number of sulfonamides is 1. The maximum atomic E-state index is 13.0. The highest BCUT2D eigenvalue weighted by Gasteiger charge is 2.36. The van der Waals surface area contributed by atoms with Crippen molar-refractivity contribution >= 4 is 10.0 Å². The summed E-state index contributed by atoms with van der Waals surface area (Å²) in [6.45, 7) is 2.50. The third kappa shape index (κ3) is 2.78. The number of aryl methyl sites for hydroxylation is 1. The van der Waals surface area contributed by atoms with Crippen LogP contribution in [0.2, 0.25) is 0 Å². The fraction of sp³-hybridized carbons (Fsp3) is 0.294. The smallest absolute Gasteiger partial charge is 0.207 e. The number of benzene rings is 2. The Balaban J connectivity index is 1.95. The van der Waals surface area contributed by atoms with Crippen molar-refractivity contribution in [2.75, 3.05) is 6.54 Å². The van der Waals surface area contributed by atoms with Crippen LogP contribution in [0.5, 0.6) is 0 Å². The van der Waals surface area contributed by atoms with E-state index >= 15 is 0 Å². The number of hydrogen-bond donors (Lipinski definition) is 0. The van der Waals surface area contributed by atoms with E-state index < -0.39 is 15.8 Å².